The highest BCUT2D eigenvalue weighted by Gasteiger charge is 2.37. The van der Waals surface area contributed by atoms with Crippen molar-refractivity contribution >= 4 is 11.8 Å². The molecule has 26 heavy (non-hydrogen) atoms. The number of likely N-dealkylation sites (N-methyl/N-ethyl adjacent to an activating group) is 1. The number of nitrogens with one attached hydrogen (secondary N) is 1. The summed E-state index contributed by atoms with van der Waals surface area (Å²) in [5.74, 6) is 0.491. The van der Waals surface area contributed by atoms with Gasteiger partial charge in [-0.05, 0) is 36.9 Å². The molecule has 0 bridgehead atoms. The summed E-state index contributed by atoms with van der Waals surface area (Å²) in [6.45, 7) is 6.17. The molecule has 2 aliphatic heterocycles. The van der Waals surface area contributed by atoms with Crippen LogP contribution < -0.4 is 5.32 Å². The number of amides is 2. The van der Waals surface area contributed by atoms with Gasteiger partial charge < -0.3 is 15.1 Å². The number of rotatable bonds is 4. The molecule has 0 aromatic heterocycles. The minimum absolute atomic E-state index is 0.0926. The first-order valence-electron chi connectivity index (χ1n) is 9.82. The fourth-order valence-corrected chi connectivity index (χ4v) is 4.10. The van der Waals surface area contributed by atoms with Crippen LogP contribution in [0.15, 0.2) is 24.3 Å². The molecule has 1 aromatic rings. The van der Waals surface area contributed by atoms with E-state index in [-0.39, 0.29) is 17.9 Å². The van der Waals surface area contributed by atoms with Crippen LogP contribution in [0.3, 0.4) is 0 Å². The molecule has 5 nitrogen and oxygen atoms in total. The van der Waals surface area contributed by atoms with Gasteiger partial charge in [-0.1, -0.05) is 38.1 Å². The third-order valence-electron chi connectivity index (χ3n) is 5.58. The Morgan fingerprint density at radius 1 is 1.23 bits per heavy atom. The van der Waals surface area contributed by atoms with Crippen molar-refractivity contribution in [3.63, 3.8) is 0 Å². The molecule has 0 radical (unpaired) electrons. The summed E-state index contributed by atoms with van der Waals surface area (Å²) in [6.07, 6.45) is 3.23. The molecule has 1 N–H and O–H groups in total. The van der Waals surface area contributed by atoms with Gasteiger partial charge in [0.15, 0.2) is 0 Å². The quantitative estimate of drug-likeness (QED) is 0.899. The molecule has 142 valence electrons. The van der Waals surface area contributed by atoms with E-state index >= 15 is 0 Å². The van der Waals surface area contributed by atoms with E-state index in [0.717, 1.165) is 25.9 Å². The van der Waals surface area contributed by atoms with Gasteiger partial charge in [-0.3, -0.25) is 9.59 Å². The Bertz CT molecular complexity index is 658. The predicted octanol–water partition coefficient (Wildman–Crippen LogP) is 2.20. The van der Waals surface area contributed by atoms with Crippen LogP contribution in [-0.2, 0) is 22.6 Å². The Labute approximate surface area is 156 Å². The lowest BCUT2D eigenvalue weighted by Crippen LogP contribution is -2.57. The number of hydrogen-bond acceptors (Lipinski definition) is 3. The molecule has 1 aromatic carbocycles. The molecule has 5 heteroatoms. The number of likely N-dealkylation sites (tertiary alicyclic amines) is 1. The van der Waals surface area contributed by atoms with E-state index in [2.05, 4.69) is 31.3 Å². The number of benzene rings is 1. The number of carbonyl (C=O) groups excluding carboxylic acids is 2. The molecule has 2 aliphatic rings. The molecular formula is C21H31N3O2. The highest BCUT2D eigenvalue weighted by molar-refractivity contribution is 5.88. The lowest BCUT2D eigenvalue weighted by atomic mass is 9.91. The summed E-state index contributed by atoms with van der Waals surface area (Å²) in [5.41, 5.74) is 2.36. The monoisotopic (exact) mass is 357 g/mol. The zero-order chi connectivity index (χ0) is 18.7. The second-order valence-electron chi connectivity index (χ2n) is 8.02. The van der Waals surface area contributed by atoms with Crippen LogP contribution >= 0.6 is 0 Å². The van der Waals surface area contributed by atoms with Crippen molar-refractivity contribution in [3.8, 4) is 0 Å². The van der Waals surface area contributed by atoms with Crippen molar-refractivity contribution in [2.24, 2.45) is 5.92 Å². The van der Waals surface area contributed by atoms with Crippen molar-refractivity contribution in [2.45, 2.75) is 58.2 Å². The highest BCUT2D eigenvalue weighted by atomic mass is 16.2. The summed E-state index contributed by atoms with van der Waals surface area (Å²) in [7, 11) is 1.95. The van der Waals surface area contributed by atoms with E-state index in [1.54, 1.807) is 0 Å². The Morgan fingerprint density at radius 3 is 2.65 bits per heavy atom. The molecule has 1 saturated heterocycles. The summed E-state index contributed by atoms with van der Waals surface area (Å²) in [4.78, 5) is 30.0. The number of nitrogens with zero attached hydrogens (tertiary/aromatic N) is 2. The van der Waals surface area contributed by atoms with Crippen LogP contribution in [0.2, 0.25) is 0 Å². The average Bonchev–Trinajstić information content (AvgIpc) is 2.65. The minimum Gasteiger partial charge on any atom is -0.339 e. The Morgan fingerprint density at radius 2 is 1.96 bits per heavy atom. The summed E-state index contributed by atoms with van der Waals surface area (Å²) in [6, 6.07) is 8.17. The first-order valence-corrected chi connectivity index (χ1v) is 9.82. The van der Waals surface area contributed by atoms with Crippen molar-refractivity contribution < 1.29 is 9.59 Å². The van der Waals surface area contributed by atoms with E-state index in [1.165, 1.54) is 11.1 Å². The van der Waals surface area contributed by atoms with E-state index in [9.17, 15) is 9.59 Å². The van der Waals surface area contributed by atoms with Gasteiger partial charge in [0.05, 0.1) is 0 Å². The SMILES string of the molecule is CNC1CCCN(C(=O)C2Cc3ccccc3CN2C(=O)CC(C)C)C1. The molecule has 0 saturated carbocycles. The summed E-state index contributed by atoms with van der Waals surface area (Å²) < 4.78 is 0. The lowest BCUT2D eigenvalue weighted by molar-refractivity contribution is -0.148. The van der Waals surface area contributed by atoms with Crippen LogP contribution in [0.25, 0.3) is 0 Å². The number of carbonyl (C=O) groups is 2. The fraction of sp³-hybridized carbons (Fsp3) is 0.619. The zero-order valence-corrected chi connectivity index (χ0v) is 16.2. The van der Waals surface area contributed by atoms with Crippen LogP contribution in [0.4, 0.5) is 0 Å². The summed E-state index contributed by atoms with van der Waals surface area (Å²) in [5, 5.41) is 3.29. The molecular weight excluding hydrogens is 326 g/mol. The third-order valence-corrected chi connectivity index (χ3v) is 5.58. The molecule has 0 aliphatic carbocycles. The molecule has 1 fully saturated rings. The van der Waals surface area contributed by atoms with Crippen molar-refractivity contribution in [3.05, 3.63) is 35.4 Å². The van der Waals surface area contributed by atoms with E-state index in [0.29, 0.717) is 31.3 Å². The summed E-state index contributed by atoms with van der Waals surface area (Å²) >= 11 is 0. The van der Waals surface area contributed by atoms with Gasteiger partial charge in [0.1, 0.15) is 6.04 Å². The van der Waals surface area contributed by atoms with Gasteiger partial charge in [-0.25, -0.2) is 0 Å². The first-order chi connectivity index (χ1) is 12.5. The van der Waals surface area contributed by atoms with Crippen LogP contribution in [0.1, 0.15) is 44.2 Å². The van der Waals surface area contributed by atoms with Crippen LogP contribution in [0.5, 0.6) is 0 Å². The second kappa shape index (κ2) is 8.21. The van der Waals surface area contributed by atoms with Gasteiger partial charge in [0, 0.05) is 38.5 Å². The maximum atomic E-state index is 13.3. The molecule has 2 unspecified atom stereocenters. The Balaban J connectivity index is 1.83. The molecule has 2 amide bonds. The van der Waals surface area contributed by atoms with Crippen molar-refractivity contribution in [2.75, 3.05) is 20.1 Å². The normalized spacial score (nSPS) is 23.1. The van der Waals surface area contributed by atoms with E-state index in [4.69, 9.17) is 0 Å². The number of fused-ring (bicyclic) bond motifs is 1. The standard InChI is InChI=1S/C21H31N3O2/c1-15(2)11-20(25)24-13-17-8-5-4-7-16(17)12-19(24)21(26)23-10-6-9-18(14-23)22-3/h4-5,7-8,15,18-19,22H,6,9-14H2,1-3H3. The van der Waals surface area contributed by atoms with Gasteiger partial charge >= 0.3 is 0 Å². The van der Waals surface area contributed by atoms with E-state index in [1.807, 2.05) is 29.0 Å². The van der Waals surface area contributed by atoms with Gasteiger partial charge in [0.25, 0.3) is 0 Å². The van der Waals surface area contributed by atoms with Crippen LogP contribution in [-0.4, -0.2) is 53.8 Å². The minimum atomic E-state index is -0.369. The van der Waals surface area contributed by atoms with E-state index < -0.39 is 0 Å². The largest absolute Gasteiger partial charge is 0.339 e. The first kappa shape index (κ1) is 18.9. The average molecular weight is 357 g/mol. The molecule has 2 atom stereocenters. The third kappa shape index (κ3) is 4.09. The molecule has 3 rings (SSSR count). The lowest BCUT2D eigenvalue weighted by Gasteiger charge is -2.41. The smallest absolute Gasteiger partial charge is 0.245 e. The maximum Gasteiger partial charge on any atom is 0.245 e. The number of hydrogen-bond donors (Lipinski definition) is 1. The zero-order valence-electron chi connectivity index (χ0n) is 16.2. The Hall–Kier alpha value is -1.88. The molecule has 0 spiro atoms. The number of piperidine rings is 1. The van der Waals surface area contributed by atoms with Gasteiger partial charge in [-0.2, -0.15) is 0 Å². The second-order valence-corrected chi connectivity index (χ2v) is 8.02. The fourth-order valence-electron chi connectivity index (χ4n) is 4.10. The Kier molecular flexibility index (Phi) is 5.97. The maximum absolute atomic E-state index is 13.3. The van der Waals surface area contributed by atoms with Gasteiger partial charge in [0.2, 0.25) is 11.8 Å². The highest BCUT2D eigenvalue weighted by Crippen LogP contribution is 2.26. The predicted molar refractivity (Wildman–Crippen MR) is 103 cm³/mol. The topological polar surface area (TPSA) is 52.7 Å². The van der Waals surface area contributed by atoms with Gasteiger partial charge in [-0.15, -0.1) is 0 Å². The van der Waals surface area contributed by atoms with Crippen molar-refractivity contribution in [1.29, 1.82) is 0 Å². The van der Waals surface area contributed by atoms with Crippen molar-refractivity contribution in [1.82, 2.24) is 15.1 Å². The molecule has 2 heterocycles. The van der Waals surface area contributed by atoms with Crippen LogP contribution in [0, 0.1) is 5.92 Å².